The van der Waals surface area contributed by atoms with Gasteiger partial charge in [0, 0.05) is 88.4 Å². The van der Waals surface area contributed by atoms with Crippen LogP contribution in [0.15, 0.2) is 53.7 Å². The van der Waals surface area contributed by atoms with Crippen LogP contribution in [0.1, 0.15) is 68.3 Å². The monoisotopic (exact) mass is 765 g/mol. The molecule has 9 atom stereocenters. The summed E-state index contributed by atoms with van der Waals surface area (Å²) in [6, 6.07) is 10.4. The number of nitrogens with zero attached hydrogens (tertiary/aromatic N) is 6. The van der Waals surface area contributed by atoms with E-state index < -0.39 is 51.5 Å². The minimum absolute atomic E-state index is 0.181. The van der Waals surface area contributed by atoms with Gasteiger partial charge in [-0.05, 0) is 79.0 Å². The van der Waals surface area contributed by atoms with Gasteiger partial charge in [0.05, 0.1) is 25.9 Å². The van der Waals surface area contributed by atoms with Gasteiger partial charge in [0.15, 0.2) is 5.60 Å². The summed E-state index contributed by atoms with van der Waals surface area (Å²) in [5.74, 6) is -1.18. The summed E-state index contributed by atoms with van der Waals surface area (Å²) >= 11 is 0. The molecule has 0 bridgehead atoms. The molecule has 0 radical (unpaired) electrons. The molecular formula is C42H51N7O7. The number of aliphatic hydroxyl groups is 3. The molecule has 9 rings (SSSR count). The normalized spacial score (nSPS) is 37.1. The number of carbonyl (C=O) groups excluding carboxylic acids is 2. The van der Waals surface area contributed by atoms with Crippen LogP contribution in [0.5, 0.6) is 5.75 Å². The SMILES string of the molecule is CC[C@]1(O)C[C@H]2C[C@](C(=O)OC)(c3cc4c(cc3OC)N(C)[C@H]3[C@@](O)(C(=O)N=[N+]=[N-])[C@H](O)[C@]5(CC)C=CCN6CC[C@]43[C@@H]65)c3[nH]c4ccccc4c3CCN2C1. The van der Waals surface area contributed by atoms with Gasteiger partial charge in [-0.1, -0.05) is 44.2 Å². The van der Waals surface area contributed by atoms with Gasteiger partial charge in [-0.25, -0.2) is 0 Å². The number of nitrogens with one attached hydrogen (secondary N) is 1. The maximum atomic E-state index is 15.1. The summed E-state index contributed by atoms with van der Waals surface area (Å²) in [4.78, 5) is 42.2. The van der Waals surface area contributed by atoms with Gasteiger partial charge in [-0.2, -0.15) is 0 Å². The Labute approximate surface area is 325 Å². The maximum Gasteiger partial charge on any atom is 0.322 e. The van der Waals surface area contributed by atoms with Crippen molar-refractivity contribution in [2.24, 2.45) is 10.5 Å². The first-order valence-corrected chi connectivity index (χ1v) is 19.9. The number of aromatic nitrogens is 1. The van der Waals surface area contributed by atoms with E-state index in [1.54, 1.807) is 14.2 Å². The van der Waals surface area contributed by atoms with Crippen molar-refractivity contribution in [1.29, 1.82) is 0 Å². The third-order valence-corrected chi connectivity index (χ3v) is 15.2. The average Bonchev–Trinajstić information content (AvgIpc) is 3.94. The topological polar surface area (TPSA) is 188 Å². The van der Waals surface area contributed by atoms with Gasteiger partial charge >= 0.3 is 5.97 Å². The summed E-state index contributed by atoms with van der Waals surface area (Å²) in [6.45, 7) is 6.40. The van der Waals surface area contributed by atoms with E-state index in [2.05, 4.69) is 30.9 Å². The van der Waals surface area contributed by atoms with E-state index in [0.717, 1.165) is 27.7 Å². The molecule has 14 heteroatoms. The van der Waals surface area contributed by atoms with Crippen molar-refractivity contribution in [3.63, 3.8) is 0 Å². The van der Waals surface area contributed by atoms with E-state index in [4.69, 9.17) is 9.47 Å². The summed E-state index contributed by atoms with van der Waals surface area (Å²) in [6.07, 6.45) is 5.24. The number of H-pyrrole nitrogens is 1. The van der Waals surface area contributed by atoms with Crippen LogP contribution < -0.4 is 9.64 Å². The summed E-state index contributed by atoms with van der Waals surface area (Å²) in [7, 11) is 4.77. The number of likely N-dealkylation sites (N-methyl/N-ethyl adjacent to an activating group) is 1. The molecular weight excluding hydrogens is 715 g/mol. The zero-order chi connectivity index (χ0) is 39.6. The zero-order valence-corrected chi connectivity index (χ0v) is 32.7. The minimum Gasteiger partial charge on any atom is -0.496 e. The molecule has 6 heterocycles. The molecule has 1 aromatic heterocycles. The first kappa shape index (κ1) is 37.2. The number of esters is 1. The number of hydrogen-bond donors (Lipinski definition) is 4. The van der Waals surface area contributed by atoms with Gasteiger partial charge < -0.3 is 34.7 Å². The lowest BCUT2D eigenvalue weighted by Crippen LogP contribution is -2.80. The molecule has 1 aliphatic carbocycles. The van der Waals surface area contributed by atoms with Crippen molar-refractivity contribution < 1.29 is 34.4 Å². The van der Waals surface area contributed by atoms with E-state index in [0.29, 0.717) is 81.7 Å². The van der Waals surface area contributed by atoms with Crippen LogP contribution in [0.3, 0.4) is 0 Å². The van der Waals surface area contributed by atoms with Crippen LogP contribution in [0.2, 0.25) is 0 Å². The number of methoxy groups -OCH3 is 2. The summed E-state index contributed by atoms with van der Waals surface area (Å²) < 4.78 is 12.2. The highest BCUT2D eigenvalue weighted by atomic mass is 16.5. The lowest BCUT2D eigenvalue weighted by atomic mass is 9.47. The quantitative estimate of drug-likeness (QED) is 0.0945. The Morgan fingerprint density at radius 3 is 2.55 bits per heavy atom. The summed E-state index contributed by atoms with van der Waals surface area (Å²) in [5.41, 5.74) is 7.30. The van der Waals surface area contributed by atoms with E-state index >= 15 is 4.79 Å². The molecule has 2 saturated heterocycles. The standard InChI is InChI=1S/C42H51N7O7/c1-6-38(53)21-24-22-41(37(52)56-5,32-26(13-17-49(24)23-38)25-11-8-9-12-29(25)44-32)28-19-27-30(20-31(28)55-4)47(3)34-40(27)15-18-48-16-10-14-39(7-2,33(40)48)35(50)42(34,54)36(51)45-46-43/h8-12,14,19-20,24,33-35,44,50,53-54H,6-7,13,15-18,21-23H2,1-5H3/t24-,33-,34+,35+,38-,39+,40+,41-,42-/m0/s1. The van der Waals surface area contributed by atoms with E-state index in [1.807, 2.05) is 61.2 Å². The lowest BCUT2D eigenvalue weighted by molar-refractivity contribution is -0.201. The molecule has 296 valence electrons. The van der Waals surface area contributed by atoms with Gasteiger partial charge in [0.1, 0.15) is 17.3 Å². The van der Waals surface area contributed by atoms with Gasteiger partial charge in [0.2, 0.25) is 0 Å². The second-order valence-electron chi connectivity index (χ2n) is 17.1. The number of rotatable bonds is 6. The molecule has 5 aliphatic heterocycles. The van der Waals surface area contributed by atoms with Crippen molar-refractivity contribution in [3.8, 4) is 5.75 Å². The van der Waals surface area contributed by atoms with Crippen LogP contribution >= 0.6 is 0 Å². The molecule has 6 aliphatic rings. The molecule has 3 fully saturated rings. The first-order chi connectivity index (χ1) is 26.8. The van der Waals surface area contributed by atoms with Crippen molar-refractivity contribution in [2.75, 3.05) is 52.3 Å². The van der Waals surface area contributed by atoms with Crippen LogP contribution in [0.25, 0.3) is 21.3 Å². The van der Waals surface area contributed by atoms with Crippen LogP contribution in [0.4, 0.5) is 5.69 Å². The number of para-hydroxylation sites is 1. The number of aromatic amines is 1. The van der Waals surface area contributed by atoms with Gasteiger partial charge in [-0.3, -0.25) is 19.4 Å². The fraction of sp³-hybridized carbons (Fsp3) is 0.571. The maximum absolute atomic E-state index is 15.1. The van der Waals surface area contributed by atoms with Crippen LogP contribution in [-0.4, -0.2) is 125 Å². The van der Waals surface area contributed by atoms with Crippen molar-refractivity contribution in [2.45, 2.75) is 98.6 Å². The van der Waals surface area contributed by atoms with Crippen molar-refractivity contribution >= 4 is 28.5 Å². The number of fused-ring (bicyclic) bond motifs is 5. The lowest BCUT2D eigenvalue weighted by Gasteiger charge is -2.63. The molecule has 1 saturated carbocycles. The third kappa shape index (κ3) is 4.42. The Hall–Kier alpha value is -4.43. The Morgan fingerprint density at radius 1 is 1.05 bits per heavy atom. The number of anilines is 1. The molecule has 4 N–H and O–H groups in total. The first-order valence-electron chi connectivity index (χ1n) is 19.9. The second-order valence-corrected chi connectivity index (χ2v) is 17.1. The number of ether oxygens (including phenoxy) is 2. The van der Waals surface area contributed by atoms with E-state index in [9.17, 15) is 25.6 Å². The third-order valence-electron chi connectivity index (χ3n) is 15.2. The molecule has 56 heavy (non-hydrogen) atoms. The van der Waals surface area contributed by atoms with E-state index in [1.165, 1.54) is 7.11 Å². The summed E-state index contributed by atoms with van der Waals surface area (Å²) in [5, 5.41) is 41.5. The van der Waals surface area contributed by atoms with Crippen molar-refractivity contribution in [1.82, 2.24) is 14.8 Å². The Morgan fingerprint density at radius 2 is 1.84 bits per heavy atom. The highest BCUT2D eigenvalue weighted by molar-refractivity contribution is 5.95. The fourth-order valence-electron chi connectivity index (χ4n) is 12.8. The number of benzene rings is 2. The molecule has 1 amide bonds. The average molecular weight is 766 g/mol. The molecule has 0 unspecified atom stereocenters. The molecule has 1 spiro atoms. The largest absolute Gasteiger partial charge is 0.496 e. The number of carbonyl (C=O) groups is 2. The number of hydrogen-bond acceptors (Lipinski definition) is 10. The van der Waals surface area contributed by atoms with Gasteiger partial charge in [-0.15, -0.1) is 0 Å². The molecule has 3 aromatic rings. The minimum atomic E-state index is -2.49. The predicted molar refractivity (Wildman–Crippen MR) is 208 cm³/mol. The number of amides is 1. The number of azide groups is 1. The molecule has 14 nitrogen and oxygen atoms in total. The zero-order valence-electron chi connectivity index (χ0n) is 32.7. The van der Waals surface area contributed by atoms with Crippen LogP contribution in [0, 0.1) is 5.41 Å². The van der Waals surface area contributed by atoms with Crippen molar-refractivity contribution in [3.05, 3.63) is 81.4 Å². The van der Waals surface area contributed by atoms with E-state index in [-0.39, 0.29) is 12.1 Å². The second kappa shape index (κ2) is 12.5. The molecule has 2 aromatic carbocycles. The Kier molecular flexibility index (Phi) is 8.32. The highest BCUT2D eigenvalue weighted by Gasteiger charge is 2.78. The van der Waals surface area contributed by atoms with Gasteiger partial charge in [0.25, 0.3) is 5.91 Å². The van der Waals surface area contributed by atoms with Crippen LogP contribution in [-0.2, 0) is 31.6 Å². The highest BCUT2D eigenvalue weighted by Crippen LogP contribution is 2.67. The Bertz CT molecular complexity index is 2240. The number of aliphatic hydroxyl groups excluding tert-OH is 1. The Balaban J connectivity index is 1.36. The smallest absolute Gasteiger partial charge is 0.322 e. The predicted octanol–water partition coefficient (Wildman–Crippen LogP) is 3.84. The fourth-order valence-corrected chi connectivity index (χ4v) is 12.8.